The summed E-state index contributed by atoms with van der Waals surface area (Å²) in [5.41, 5.74) is 1.69. The molecular formula is C27H31N5O3S. The van der Waals surface area contributed by atoms with E-state index in [4.69, 9.17) is 9.72 Å². The van der Waals surface area contributed by atoms with Crippen LogP contribution in [-0.2, 0) is 0 Å². The van der Waals surface area contributed by atoms with Gasteiger partial charge in [0.25, 0.3) is 11.8 Å². The Morgan fingerprint density at radius 2 is 1.72 bits per heavy atom. The van der Waals surface area contributed by atoms with Crippen molar-refractivity contribution in [1.29, 1.82) is 0 Å². The monoisotopic (exact) mass is 505 g/mol. The maximum Gasteiger partial charge on any atom is 0.273 e. The molecule has 0 spiro atoms. The number of thiazole rings is 1. The average Bonchev–Trinajstić information content (AvgIpc) is 3.43. The fourth-order valence-corrected chi connectivity index (χ4v) is 5.93. The van der Waals surface area contributed by atoms with Crippen LogP contribution in [0.2, 0.25) is 0 Å². The van der Waals surface area contributed by atoms with Gasteiger partial charge in [0, 0.05) is 68.6 Å². The second kappa shape index (κ2) is 10.8. The highest BCUT2D eigenvalue weighted by Gasteiger charge is 2.29. The summed E-state index contributed by atoms with van der Waals surface area (Å²) in [5, 5.41) is 3.76. The van der Waals surface area contributed by atoms with Crippen molar-refractivity contribution in [3.05, 3.63) is 64.8 Å². The number of amides is 2. The van der Waals surface area contributed by atoms with Gasteiger partial charge < -0.3 is 14.5 Å². The zero-order chi connectivity index (χ0) is 25.1. The van der Waals surface area contributed by atoms with Crippen LogP contribution in [0.4, 0.5) is 0 Å². The summed E-state index contributed by atoms with van der Waals surface area (Å²) in [6, 6.07) is 9.40. The topological polar surface area (TPSA) is 78.9 Å². The molecule has 2 amide bonds. The standard InChI is InChI=1S/C27H31N5O3S/c1-3-10-30-13-15-32(16-14-30)27(34)23-18-36-25(29-23)19-8-11-31(12-9-19)26(33)22-17-24(35-2)20-6-4-5-7-21(20)28-22/h3-7,17-19H,1,8-16H2,2H3. The molecule has 8 nitrogen and oxygen atoms in total. The number of piperidine rings is 1. The minimum Gasteiger partial charge on any atom is -0.496 e. The number of nitrogens with zero attached hydrogens (tertiary/aromatic N) is 5. The van der Waals surface area contributed by atoms with Gasteiger partial charge in [0.1, 0.15) is 17.1 Å². The molecule has 0 bridgehead atoms. The molecule has 3 aromatic rings. The molecule has 0 atom stereocenters. The molecule has 0 saturated carbocycles. The Balaban J connectivity index is 1.20. The number of rotatable bonds is 6. The molecule has 9 heteroatoms. The number of benzene rings is 1. The van der Waals surface area contributed by atoms with Gasteiger partial charge in [0.05, 0.1) is 17.6 Å². The van der Waals surface area contributed by atoms with Crippen molar-refractivity contribution < 1.29 is 14.3 Å². The first kappa shape index (κ1) is 24.4. The van der Waals surface area contributed by atoms with E-state index in [1.807, 2.05) is 45.5 Å². The number of piperazine rings is 1. The molecule has 36 heavy (non-hydrogen) atoms. The number of likely N-dealkylation sites (tertiary alicyclic amines) is 1. The maximum absolute atomic E-state index is 13.2. The van der Waals surface area contributed by atoms with Gasteiger partial charge in [-0.25, -0.2) is 9.97 Å². The smallest absolute Gasteiger partial charge is 0.273 e. The van der Waals surface area contributed by atoms with Crippen LogP contribution in [0.1, 0.15) is 44.7 Å². The Bertz CT molecular complexity index is 1260. The highest BCUT2D eigenvalue weighted by Crippen LogP contribution is 2.32. The number of carbonyl (C=O) groups excluding carboxylic acids is 2. The summed E-state index contributed by atoms with van der Waals surface area (Å²) in [4.78, 5) is 41.5. The lowest BCUT2D eigenvalue weighted by Gasteiger charge is -2.33. The number of methoxy groups -OCH3 is 1. The quantitative estimate of drug-likeness (QED) is 0.476. The zero-order valence-corrected chi connectivity index (χ0v) is 21.4. The van der Waals surface area contributed by atoms with Gasteiger partial charge in [0.2, 0.25) is 0 Å². The zero-order valence-electron chi connectivity index (χ0n) is 20.6. The fraction of sp³-hybridized carbons (Fsp3) is 0.407. The molecule has 0 radical (unpaired) electrons. The number of carbonyl (C=O) groups is 2. The fourth-order valence-electron chi connectivity index (χ4n) is 4.96. The van der Waals surface area contributed by atoms with E-state index in [0.29, 0.717) is 43.3 Å². The van der Waals surface area contributed by atoms with Crippen LogP contribution in [0.3, 0.4) is 0 Å². The van der Waals surface area contributed by atoms with E-state index in [2.05, 4.69) is 16.5 Å². The number of ether oxygens (including phenoxy) is 1. The molecule has 5 rings (SSSR count). The molecule has 2 aliphatic heterocycles. The molecule has 0 aliphatic carbocycles. The first-order valence-corrected chi connectivity index (χ1v) is 13.3. The van der Waals surface area contributed by atoms with Gasteiger partial charge in [0.15, 0.2) is 0 Å². The number of para-hydroxylation sites is 1. The van der Waals surface area contributed by atoms with Crippen molar-refractivity contribution in [1.82, 2.24) is 24.7 Å². The van der Waals surface area contributed by atoms with Crippen LogP contribution in [0.5, 0.6) is 5.75 Å². The Hall–Kier alpha value is -3.30. The number of fused-ring (bicyclic) bond motifs is 1. The average molecular weight is 506 g/mol. The summed E-state index contributed by atoms with van der Waals surface area (Å²) >= 11 is 1.55. The highest BCUT2D eigenvalue weighted by atomic mass is 32.1. The van der Waals surface area contributed by atoms with E-state index in [9.17, 15) is 9.59 Å². The van der Waals surface area contributed by atoms with Crippen LogP contribution in [0.15, 0.2) is 48.4 Å². The van der Waals surface area contributed by atoms with Crippen molar-refractivity contribution >= 4 is 34.1 Å². The number of pyridine rings is 1. The van der Waals surface area contributed by atoms with Crippen molar-refractivity contribution in [3.63, 3.8) is 0 Å². The van der Waals surface area contributed by atoms with Crippen LogP contribution in [-0.4, -0.2) is 89.4 Å². The highest BCUT2D eigenvalue weighted by molar-refractivity contribution is 7.09. The van der Waals surface area contributed by atoms with Gasteiger partial charge in [-0.15, -0.1) is 17.9 Å². The molecule has 2 fully saturated rings. The minimum atomic E-state index is -0.0805. The number of hydrogen-bond donors (Lipinski definition) is 0. The van der Waals surface area contributed by atoms with Gasteiger partial charge in [-0.2, -0.15) is 0 Å². The van der Waals surface area contributed by atoms with Crippen LogP contribution in [0, 0.1) is 0 Å². The molecule has 1 aromatic carbocycles. The van der Waals surface area contributed by atoms with Crippen molar-refractivity contribution in [2.75, 3.05) is 52.9 Å². The lowest BCUT2D eigenvalue weighted by atomic mass is 9.97. The largest absolute Gasteiger partial charge is 0.496 e. The Morgan fingerprint density at radius 3 is 2.44 bits per heavy atom. The molecule has 0 unspecified atom stereocenters. The summed E-state index contributed by atoms with van der Waals surface area (Å²) in [6.07, 6.45) is 3.54. The summed E-state index contributed by atoms with van der Waals surface area (Å²) in [6.45, 7) is 9.07. The van der Waals surface area contributed by atoms with Crippen molar-refractivity contribution in [2.24, 2.45) is 0 Å². The second-order valence-electron chi connectivity index (χ2n) is 9.25. The van der Waals surface area contributed by atoms with Gasteiger partial charge in [-0.05, 0) is 25.0 Å². The Morgan fingerprint density at radius 1 is 1.03 bits per heavy atom. The molecule has 2 aromatic heterocycles. The third-order valence-electron chi connectivity index (χ3n) is 7.04. The molecule has 2 saturated heterocycles. The van der Waals surface area contributed by atoms with E-state index in [1.165, 1.54) is 0 Å². The summed E-state index contributed by atoms with van der Waals surface area (Å²) < 4.78 is 5.51. The molecule has 4 heterocycles. The van der Waals surface area contributed by atoms with E-state index in [0.717, 1.165) is 48.4 Å². The minimum absolute atomic E-state index is 0.0136. The lowest BCUT2D eigenvalue weighted by Crippen LogP contribution is -2.48. The lowest BCUT2D eigenvalue weighted by molar-refractivity contribution is 0.0645. The van der Waals surface area contributed by atoms with E-state index in [1.54, 1.807) is 24.5 Å². The van der Waals surface area contributed by atoms with E-state index >= 15 is 0 Å². The van der Waals surface area contributed by atoms with Crippen molar-refractivity contribution in [3.8, 4) is 5.75 Å². The molecule has 0 N–H and O–H groups in total. The van der Waals surface area contributed by atoms with E-state index < -0.39 is 0 Å². The first-order chi connectivity index (χ1) is 17.6. The molecular weight excluding hydrogens is 474 g/mol. The van der Waals surface area contributed by atoms with Gasteiger partial charge >= 0.3 is 0 Å². The van der Waals surface area contributed by atoms with Crippen LogP contribution >= 0.6 is 11.3 Å². The number of hydrogen-bond acceptors (Lipinski definition) is 7. The predicted octanol–water partition coefficient (Wildman–Crippen LogP) is 3.66. The van der Waals surface area contributed by atoms with Gasteiger partial charge in [-0.3, -0.25) is 14.5 Å². The van der Waals surface area contributed by atoms with E-state index in [-0.39, 0.29) is 17.7 Å². The van der Waals surface area contributed by atoms with Gasteiger partial charge in [-0.1, -0.05) is 18.2 Å². The number of aromatic nitrogens is 2. The van der Waals surface area contributed by atoms with Crippen molar-refractivity contribution in [2.45, 2.75) is 18.8 Å². The Kier molecular flexibility index (Phi) is 7.29. The third-order valence-corrected chi connectivity index (χ3v) is 8.04. The predicted molar refractivity (Wildman–Crippen MR) is 141 cm³/mol. The SMILES string of the molecule is C=CCN1CCN(C(=O)c2csc(C3CCN(C(=O)c4cc(OC)c5ccccc5n4)CC3)n2)CC1. The molecule has 2 aliphatic rings. The Labute approximate surface area is 215 Å². The van der Waals surface area contributed by atoms with Crippen LogP contribution < -0.4 is 4.74 Å². The second-order valence-corrected chi connectivity index (χ2v) is 10.1. The normalized spacial score (nSPS) is 17.4. The third kappa shape index (κ3) is 4.99. The van der Waals surface area contributed by atoms with Crippen LogP contribution in [0.25, 0.3) is 10.9 Å². The molecule has 188 valence electrons. The first-order valence-electron chi connectivity index (χ1n) is 12.4. The summed E-state index contributed by atoms with van der Waals surface area (Å²) in [7, 11) is 1.61. The summed E-state index contributed by atoms with van der Waals surface area (Å²) in [5.74, 6) is 0.841. The maximum atomic E-state index is 13.2.